The zero-order chi connectivity index (χ0) is 13.7. The second-order valence-corrected chi connectivity index (χ2v) is 5.09. The van der Waals surface area contributed by atoms with E-state index in [0.717, 1.165) is 19.4 Å². The van der Waals surface area contributed by atoms with Crippen molar-refractivity contribution in [2.45, 2.75) is 31.8 Å². The lowest BCUT2D eigenvalue weighted by Gasteiger charge is -2.28. The lowest BCUT2D eigenvalue weighted by molar-refractivity contribution is -0.135. The zero-order valence-corrected chi connectivity index (χ0v) is 11.4. The summed E-state index contributed by atoms with van der Waals surface area (Å²) in [5.41, 5.74) is 1.24. The summed E-state index contributed by atoms with van der Waals surface area (Å²) in [7, 11) is 0. The van der Waals surface area contributed by atoms with Crippen LogP contribution in [0.3, 0.4) is 0 Å². The van der Waals surface area contributed by atoms with Gasteiger partial charge in [-0.25, -0.2) is 0 Å². The minimum atomic E-state index is -0.444. The summed E-state index contributed by atoms with van der Waals surface area (Å²) in [6.45, 7) is 3.43. The van der Waals surface area contributed by atoms with Gasteiger partial charge in [-0.15, -0.1) is 0 Å². The van der Waals surface area contributed by atoms with Crippen LogP contribution < -0.4 is 5.32 Å². The Bertz CT molecular complexity index is 408. The van der Waals surface area contributed by atoms with E-state index in [9.17, 15) is 9.90 Å². The number of aliphatic hydroxyl groups is 1. The number of aliphatic hydroxyl groups excluding tert-OH is 1. The van der Waals surface area contributed by atoms with Gasteiger partial charge >= 0.3 is 0 Å². The summed E-state index contributed by atoms with van der Waals surface area (Å²) in [5, 5.41) is 12.4. The molecule has 2 N–H and O–H groups in total. The third kappa shape index (κ3) is 3.55. The number of hydrogen-bond acceptors (Lipinski definition) is 3. The van der Waals surface area contributed by atoms with Crippen LogP contribution in [0, 0.1) is 0 Å². The summed E-state index contributed by atoms with van der Waals surface area (Å²) in [6, 6.07) is 9.96. The predicted molar refractivity (Wildman–Crippen MR) is 74.8 cm³/mol. The molecule has 2 rings (SSSR count). The first-order chi connectivity index (χ1) is 9.22. The molecule has 1 aliphatic heterocycles. The standard InChI is InChI=1S/C15H22N2O2/c1-12-7-9-16-14(11-18)15(19)17(12)10-8-13-5-3-2-4-6-13/h2-6,12,14,16,18H,7-11H2,1H3. The van der Waals surface area contributed by atoms with E-state index in [1.54, 1.807) is 0 Å². The predicted octanol–water partition coefficient (Wildman–Crippen LogP) is 0.800. The molecular formula is C15H22N2O2. The van der Waals surface area contributed by atoms with Crippen LogP contribution in [-0.4, -0.2) is 47.7 Å². The topological polar surface area (TPSA) is 52.6 Å². The van der Waals surface area contributed by atoms with Gasteiger partial charge in [-0.05, 0) is 31.9 Å². The number of nitrogens with zero attached hydrogens (tertiary/aromatic N) is 1. The molecule has 4 heteroatoms. The lowest BCUT2D eigenvalue weighted by atomic mass is 10.1. The molecule has 1 aromatic carbocycles. The van der Waals surface area contributed by atoms with E-state index < -0.39 is 6.04 Å². The van der Waals surface area contributed by atoms with Crippen LogP contribution in [0.25, 0.3) is 0 Å². The van der Waals surface area contributed by atoms with Crippen molar-refractivity contribution in [2.75, 3.05) is 19.7 Å². The van der Waals surface area contributed by atoms with E-state index in [1.807, 2.05) is 23.1 Å². The largest absolute Gasteiger partial charge is 0.394 e. The van der Waals surface area contributed by atoms with E-state index in [1.165, 1.54) is 5.56 Å². The molecule has 0 saturated carbocycles. The van der Waals surface area contributed by atoms with Crippen molar-refractivity contribution >= 4 is 5.91 Å². The molecule has 0 aliphatic carbocycles. The Labute approximate surface area is 114 Å². The summed E-state index contributed by atoms with van der Waals surface area (Å²) < 4.78 is 0. The molecule has 0 aromatic heterocycles. The second-order valence-electron chi connectivity index (χ2n) is 5.09. The van der Waals surface area contributed by atoms with E-state index in [0.29, 0.717) is 6.54 Å². The highest BCUT2D eigenvalue weighted by molar-refractivity contribution is 5.82. The average molecular weight is 262 g/mol. The number of rotatable bonds is 4. The van der Waals surface area contributed by atoms with Crippen molar-refractivity contribution in [3.63, 3.8) is 0 Å². The Morgan fingerprint density at radius 2 is 2.11 bits per heavy atom. The molecule has 104 valence electrons. The highest BCUT2D eigenvalue weighted by atomic mass is 16.3. The van der Waals surface area contributed by atoms with Crippen molar-refractivity contribution in [2.24, 2.45) is 0 Å². The first-order valence-electron chi connectivity index (χ1n) is 6.91. The van der Waals surface area contributed by atoms with Gasteiger partial charge in [0.05, 0.1) is 6.61 Å². The van der Waals surface area contributed by atoms with Crippen LogP contribution in [-0.2, 0) is 11.2 Å². The Balaban J connectivity index is 2.01. The van der Waals surface area contributed by atoms with E-state index in [-0.39, 0.29) is 18.6 Å². The van der Waals surface area contributed by atoms with Crippen LogP contribution in [0.4, 0.5) is 0 Å². The third-order valence-electron chi connectivity index (χ3n) is 3.73. The number of hydrogen-bond donors (Lipinski definition) is 2. The second kappa shape index (κ2) is 6.68. The van der Waals surface area contributed by atoms with Gasteiger partial charge in [-0.1, -0.05) is 30.3 Å². The molecule has 2 atom stereocenters. The van der Waals surface area contributed by atoms with Crippen LogP contribution >= 0.6 is 0 Å². The van der Waals surface area contributed by atoms with Gasteiger partial charge in [-0.3, -0.25) is 4.79 Å². The van der Waals surface area contributed by atoms with Crippen molar-refractivity contribution < 1.29 is 9.90 Å². The smallest absolute Gasteiger partial charge is 0.242 e. The fourth-order valence-electron chi connectivity index (χ4n) is 2.49. The molecule has 1 heterocycles. The van der Waals surface area contributed by atoms with Crippen LogP contribution in [0.15, 0.2) is 30.3 Å². The molecule has 2 unspecified atom stereocenters. The van der Waals surface area contributed by atoms with E-state index in [4.69, 9.17) is 0 Å². The molecular weight excluding hydrogens is 240 g/mol. The molecule has 0 radical (unpaired) electrons. The SMILES string of the molecule is CC1CCNC(CO)C(=O)N1CCc1ccccc1. The highest BCUT2D eigenvalue weighted by Crippen LogP contribution is 2.12. The van der Waals surface area contributed by atoms with Gasteiger partial charge in [0.25, 0.3) is 0 Å². The molecule has 0 spiro atoms. The van der Waals surface area contributed by atoms with Crippen LogP contribution in [0.2, 0.25) is 0 Å². The Kier molecular flexibility index (Phi) is 4.93. The van der Waals surface area contributed by atoms with Gasteiger partial charge < -0.3 is 15.3 Å². The first kappa shape index (κ1) is 14.0. The van der Waals surface area contributed by atoms with Gasteiger partial charge in [0.2, 0.25) is 5.91 Å². The maximum Gasteiger partial charge on any atom is 0.242 e. The van der Waals surface area contributed by atoms with Crippen LogP contribution in [0.1, 0.15) is 18.9 Å². The maximum atomic E-state index is 12.3. The number of amides is 1. The number of carbonyl (C=O) groups excluding carboxylic acids is 1. The summed E-state index contributed by atoms with van der Waals surface area (Å²) in [6.07, 6.45) is 1.78. The summed E-state index contributed by atoms with van der Waals surface area (Å²) in [5.74, 6) is 0.0171. The van der Waals surface area contributed by atoms with E-state index in [2.05, 4.69) is 24.4 Å². The highest BCUT2D eigenvalue weighted by Gasteiger charge is 2.29. The molecule has 0 bridgehead atoms. The fourth-order valence-corrected chi connectivity index (χ4v) is 2.49. The molecule has 1 fully saturated rings. The quantitative estimate of drug-likeness (QED) is 0.844. The zero-order valence-electron chi connectivity index (χ0n) is 11.4. The lowest BCUT2D eigenvalue weighted by Crippen LogP contribution is -2.48. The molecule has 1 amide bonds. The number of nitrogens with one attached hydrogen (secondary N) is 1. The summed E-state index contributed by atoms with van der Waals surface area (Å²) in [4.78, 5) is 14.2. The summed E-state index contributed by atoms with van der Waals surface area (Å²) >= 11 is 0. The van der Waals surface area contributed by atoms with Crippen molar-refractivity contribution in [1.29, 1.82) is 0 Å². The van der Waals surface area contributed by atoms with Gasteiger partial charge in [-0.2, -0.15) is 0 Å². The normalized spacial score (nSPS) is 24.3. The third-order valence-corrected chi connectivity index (χ3v) is 3.73. The van der Waals surface area contributed by atoms with Gasteiger partial charge in [0.1, 0.15) is 6.04 Å². The van der Waals surface area contributed by atoms with Crippen molar-refractivity contribution in [3.05, 3.63) is 35.9 Å². The maximum absolute atomic E-state index is 12.3. The van der Waals surface area contributed by atoms with Crippen LogP contribution in [0.5, 0.6) is 0 Å². The Morgan fingerprint density at radius 1 is 1.37 bits per heavy atom. The molecule has 1 aromatic rings. The minimum Gasteiger partial charge on any atom is -0.394 e. The van der Waals surface area contributed by atoms with Crippen molar-refractivity contribution in [3.8, 4) is 0 Å². The molecule has 1 saturated heterocycles. The molecule has 4 nitrogen and oxygen atoms in total. The minimum absolute atomic E-state index is 0.0171. The monoisotopic (exact) mass is 262 g/mol. The van der Waals surface area contributed by atoms with Crippen molar-refractivity contribution in [1.82, 2.24) is 10.2 Å². The molecule has 19 heavy (non-hydrogen) atoms. The van der Waals surface area contributed by atoms with Gasteiger partial charge in [0, 0.05) is 12.6 Å². The molecule has 1 aliphatic rings. The number of carbonyl (C=O) groups is 1. The average Bonchev–Trinajstić information content (AvgIpc) is 2.57. The number of benzene rings is 1. The first-order valence-corrected chi connectivity index (χ1v) is 6.91. The Morgan fingerprint density at radius 3 is 2.79 bits per heavy atom. The fraction of sp³-hybridized carbons (Fsp3) is 0.533. The van der Waals surface area contributed by atoms with E-state index >= 15 is 0 Å². The Hall–Kier alpha value is -1.39. The van der Waals surface area contributed by atoms with Gasteiger partial charge in [0.15, 0.2) is 0 Å².